The molecule has 8 nitrogen and oxygen atoms in total. The minimum absolute atomic E-state index is 0.283. The number of anilines is 1. The number of esters is 1. The Bertz CT molecular complexity index is 916. The van der Waals surface area contributed by atoms with Crippen molar-refractivity contribution in [3.8, 4) is 11.5 Å². The Balaban J connectivity index is 1.84. The Morgan fingerprint density at radius 1 is 1.03 bits per heavy atom. The topological polar surface area (TPSA) is 103 Å². The summed E-state index contributed by atoms with van der Waals surface area (Å²) in [4.78, 5) is 36.0. The number of carbonyl (C=O) groups excluding carboxylic acids is 3. The van der Waals surface area contributed by atoms with Crippen LogP contribution >= 0.6 is 11.6 Å². The first-order valence-electron chi connectivity index (χ1n) is 8.56. The fraction of sp³-hybridized carbons (Fsp3) is 0.250. The van der Waals surface area contributed by atoms with Crippen LogP contribution < -0.4 is 20.1 Å². The average Bonchev–Trinajstić information content (AvgIpc) is 2.72. The van der Waals surface area contributed by atoms with Gasteiger partial charge in [0.25, 0.3) is 11.8 Å². The number of benzene rings is 2. The van der Waals surface area contributed by atoms with Gasteiger partial charge in [-0.05, 0) is 30.7 Å². The van der Waals surface area contributed by atoms with E-state index < -0.39 is 30.9 Å². The molecule has 9 heteroatoms. The smallest absolute Gasteiger partial charge is 0.325 e. The lowest BCUT2D eigenvalue weighted by Crippen LogP contribution is -2.32. The Hall–Kier alpha value is -3.26. The second kappa shape index (κ2) is 10.3. The maximum absolute atomic E-state index is 12.1. The van der Waals surface area contributed by atoms with E-state index in [4.69, 9.17) is 25.8 Å². The first-order chi connectivity index (χ1) is 13.8. The third kappa shape index (κ3) is 6.11. The lowest BCUT2D eigenvalue weighted by Gasteiger charge is -2.12. The van der Waals surface area contributed by atoms with Crippen molar-refractivity contribution in [1.29, 1.82) is 0 Å². The molecule has 2 aromatic rings. The number of aryl methyl sites for hydroxylation is 1. The predicted molar refractivity (Wildman–Crippen MR) is 108 cm³/mol. The van der Waals surface area contributed by atoms with Crippen LogP contribution in [-0.2, 0) is 14.3 Å². The molecule has 0 aliphatic carbocycles. The van der Waals surface area contributed by atoms with Crippen molar-refractivity contribution in [1.82, 2.24) is 5.32 Å². The summed E-state index contributed by atoms with van der Waals surface area (Å²) in [5, 5.41) is 5.50. The van der Waals surface area contributed by atoms with Gasteiger partial charge in [-0.2, -0.15) is 0 Å². The number of methoxy groups -OCH3 is 2. The molecule has 0 bridgehead atoms. The van der Waals surface area contributed by atoms with Gasteiger partial charge >= 0.3 is 5.97 Å². The zero-order valence-electron chi connectivity index (χ0n) is 16.2. The largest absolute Gasteiger partial charge is 0.496 e. The third-order valence-corrected chi connectivity index (χ3v) is 4.27. The number of amides is 2. The number of hydrogen-bond donors (Lipinski definition) is 2. The van der Waals surface area contributed by atoms with Gasteiger partial charge in [-0.3, -0.25) is 14.4 Å². The molecular weight excluding hydrogens is 400 g/mol. The van der Waals surface area contributed by atoms with Crippen LogP contribution in [0.1, 0.15) is 15.9 Å². The third-order valence-electron chi connectivity index (χ3n) is 3.86. The molecule has 29 heavy (non-hydrogen) atoms. The van der Waals surface area contributed by atoms with E-state index in [0.29, 0.717) is 22.2 Å². The zero-order valence-corrected chi connectivity index (χ0v) is 17.0. The highest BCUT2D eigenvalue weighted by molar-refractivity contribution is 6.31. The van der Waals surface area contributed by atoms with Gasteiger partial charge in [-0.25, -0.2) is 0 Å². The Morgan fingerprint density at radius 3 is 2.41 bits per heavy atom. The fourth-order valence-electron chi connectivity index (χ4n) is 2.39. The summed E-state index contributed by atoms with van der Waals surface area (Å²) < 4.78 is 15.1. The van der Waals surface area contributed by atoms with Crippen molar-refractivity contribution in [2.45, 2.75) is 6.92 Å². The second-order valence-corrected chi connectivity index (χ2v) is 6.30. The molecule has 0 saturated heterocycles. The van der Waals surface area contributed by atoms with Crippen LogP contribution in [0.2, 0.25) is 5.02 Å². The van der Waals surface area contributed by atoms with Gasteiger partial charge < -0.3 is 24.8 Å². The summed E-state index contributed by atoms with van der Waals surface area (Å²) in [6, 6.07) is 9.81. The van der Waals surface area contributed by atoms with Crippen molar-refractivity contribution in [2.75, 3.05) is 32.7 Å². The van der Waals surface area contributed by atoms with E-state index in [9.17, 15) is 14.4 Å². The van der Waals surface area contributed by atoms with Gasteiger partial charge in [-0.15, -0.1) is 0 Å². The molecular formula is C20H21ClN2O6. The van der Waals surface area contributed by atoms with Crippen molar-refractivity contribution in [3.63, 3.8) is 0 Å². The lowest BCUT2D eigenvalue weighted by atomic mass is 10.2. The molecule has 0 heterocycles. The Kier molecular flexibility index (Phi) is 7.85. The molecule has 0 saturated carbocycles. The molecule has 2 rings (SSSR count). The van der Waals surface area contributed by atoms with E-state index >= 15 is 0 Å². The second-order valence-electron chi connectivity index (χ2n) is 5.89. The Morgan fingerprint density at radius 2 is 1.72 bits per heavy atom. The summed E-state index contributed by atoms with van der Waals surface area (Å²) in [6.07, 6.45) is 0. The van der Waals surface area contributed by atoms with E-state index in [2.05, 4.69) is 10.6 Å². The highest BCUT2D eigenvalue weighted by atomic mass is 35.5. The van der Waals surface area contributed by atoms with Gasteiger partial charge in [0.05, 0.1) is 25.5 Å². The zero-order chi connectivity index (χ0) is 21.4. The maximum Gasteiger partial charge on any atom is 0.325 e. The molecule has 0 aromatic heterocycles. The molecule has 0 aliphatic heterocycles. The first-order valence-corrected chi connectivity index (χ1v) is 8.94. The van der Waals surface area contributed by atoms with E-state index in [0.717, 1.165) is 5.56 Å². The minimum Gasteiger partial charge on any atom is -0.496 e. The molecule has 2 N–H and O–H groups in total. The number of rotatable bonds is 8. The molecule has 0 unspecified atom stereocenters. The summed E-state index contributed by atoms with van der Waals surface area (Å²) in [6.45, 7) is 0.865. The van der Waals surface area contributed by atoms with E-state index in [-0.39, 0.29) is 5.56 Å². The molecule has 0 aliphatic rings. The van der Waals surface area contributed by atoms with Crippen molar-refractivity contribution < 1.29 is 28.6 Å². The van der Waals surface area contributed by atoms with Crippen LogP contribution in [0, 0.1) is 6.92 Å². The standard InChI is InChI=1S/C20H21ClN2O6/c1-12-8-15(17(28-3)9-14(12)21)23-18(24)11-29-19(25)10-22-20(26)13-6-4-5-7-16(13)27-2/h4-9H,10-11H2,1-3H3,(H,22,26)(H,23,24). The Labute approximate surface area is 173 Å². The number of para-hydroxylation sites is 1. The highest BCUT2D eigenvalue weighted by Gasteiger charge is 2.15. The van der Waals surface area contributed by atoms with Crippen molar-refractivity contribution in [3.05, 3.63) is 52.5 Å². The van der Waals surface area contributed by atoms with Crippen LogP contribution in [0.4, 0.5) is 5.69 Å². The van der Waals surface area contributed by atoms with Crippen LogP contribution in [0.5, 0.6) is 11.5 Å². The first kappa shape index (κ1) is 22.0. The number of halogens is 1. The molecule has 0 fully saturated rings. The van der Waals surface area contributed by atoms with Gasteiger partial charge in [0, 0.05) is 11.1 Å². The monoisotopic (exact) mass is 420 g/mol. The molecule has 0 radical (unpaired) electrons. The van der Waals surface area contributed by atoms with Crippen molar-refractivity contribution in [2.24, 2.45) is 0 Å². The van der Waals surface area contributed by atoms with Crippen molar-refractivity contribution >= 4 is 35.1 Å². The van der Waals surface area contributed by atoms with Crippen LogP contribution in [0.25, 0.3) is 0 Å². The van der Waals surface area contributed by atoms with E-state index in [1.54, 1.807) is 43.3 Å². The number of nitrogens with one attached hydrogen (secondary N) is 2. The van der Waals surface area contributed by atoms with Gasteiger partial charge in [-0.1, -0.05) is 23.7 Å². The van der Waals surface area contributed by atoms with Gasteiger partial charge in [0.1, 0.15) is 18.0 Å². The number of carbonyl (C=O) groups is 3. The SMILES string of the molecule is COc1cc(Cl)c(C)cc1NC(=O)COC(=O)CNC(=O)c1ccccc1OC. The van der Waals surface area contributed by atoms with Gasteiger partial charge in [0.15, 0.2) is 6.61 Å². The summed E-state index contributed by atoms with van der Waals surface area (Å²) in [7, 11) is 2.89. The highest BCUT2D eigenvalue weighted by Crippen LogP contribution is 2.30. The molecule has 2 aromatic carbocycles. The predicted octanol–water partition coefficient (Wildman–Crippen LogP) is 2.58. The summed E-state index contributed by atoms with van der Waals surface area (Å²) >= 11 is 6.02. The number of ether oxygens (including phenoxy) is 3. The quantitative estimate of drug-likeness (QED) is 0.636. The van der Waals surface area contributed by atoms with Crippen LogP contribution in [-0.4, -0.2) is 45.2 Å². The summed E-state index contributed by atoms with van der Waals surface area (Å²) in [5.41, 5.74) is 1.43. The molecule has 154 valence electrons. The fourth-order valence-corrected chi connectivity index (χ4v) is 2.55. The molecule has 0 spiro atoms. The maximum atomic E-state index is 12.1. The summed E-state index contributed by atoms with van der Waals surface area (Å²) in [5.74, 6) is -1.06. The normalized spacial score (nSPS) is 10.1. The average molecular weight is 421 g/mol. The van der Waals surface area contributed by atoms with E-state index in [1.807, 2.05) is 0 Å². The minimum atomic E-state index is -0.761. The molecule has 0 atom stereocenters. The van der Waals surface area contributed by atoms with Gasteiger partial charge in [0.2, 0.25) is 0 Å². The van der Waals surface area contributed by atoms with Crippen LogP contribution in [0.15, 0.2) is 36.4 Å². The van der Waals surface area contributed by atoms with E-state index in [1.165, 1.54) is 14.2 Å². The lowest BCUT2D eigenvalue weighted by molar-refractivity contribution is -0.146. The number of hydrogen-bond acceptors (Lipinski definition) is 6. The van der Waals surface area contributed by atoms with Crippen LogP contribution in [0.3, 0.4) is 0 Å². The molecule has 2 amide bonds.